The van der Waals surface area contributed by atoms with E-state index in [1.165, 1.54) is 18.4 Å². The number of β-amino-alcohol motifs (C(OH)–C–C–N with tert-alkyl or cyclic N) is 1. The van der Waals surface area contributed by atoms with E-state index in [1.54, 1.807) is 0 Å². The van der Waals surface area contributed by atoms with Crippen molar-refractivity contribution in [3.8, 4) is 11.5 Å². The van der Waals surface area contributed by atoms with Crippen LogP contribution >= 0.6 is 0 Å². The highest BCUT2D eigenvalue weighted by atomic mass is 16.7. The van der Waals surface area contributed by atoms with Gasteiger partial charge in [-0.15, -0.1) is 0 Å². The second kappa shape index (κ2) is 10.5. The molecule has 2 heterocycles. The highest BCUT2D eigenvalue weighted by Gasteiger charge is 2.30. The molecule has 6 heteroatoms. The molecule has 2 fully saturated rings. The molecule has 174 valence electrons. The van der Waals surface area contributed by atoms with Crippen LogP contribution in [0.2, 0.25) is 0 Å². The van der Waals surface area contributed by atoms with Gasteiger partial charge in [0.15, 0.2) is 11.5 Å². The summed E-state index contributed by atoms with van der Waals surface area (Å²) in [5, 5.41) is 10.6. The summed E-state index contributed by atoms with van der Waals surface area (Å²) >= 11 is 0. The number of aliphatic hydroxyl groups is 1. The zero-order valence-corrected chi connectivity index (χ0v) is 19.5. The summed E-state index contributed by atoms with van der Waals surface area (Å²) < 4.78 is 17.1. The summed E-state index contributed by atoms with van der Waals surface area (Å²) in [7, 11) is 0. The fourth-order valence-electron chi connectivity index (χ4n) is 5.16. The maximum Gasteiger partial charge on any atom is 0.231 e. The van der Waals surface area contributed by atoms with Gasteiger partial charge in [-0.2, -0.15) is 0 Å². The molecule has 4 rings (SSSR count). The third kappa shape index (κ3) is 6.13. The summed E-state index contributed by atoms with van der Waals surface area (Å²) in [5.74, 6) is 3.77. The number of aliphatic hydroxyl groups excluding tert-OH is 1. The van der Waals surface area contributed by atoms with E-state index in [4.69, 9.17) is 14.2 Å². The van der Waals surface area contributed by atoms with Crippen LogP contribution < -0.4 is 9.47 Å². The van der Waals surface area contributed by atoms with Crippen LogP contribution in [0.4, 0.5) is 0 Å². The predicted octanol–water partition coefficient (Wildman–Crippen LogP) is 3.37. The molecule has 0 amide bonds. The van der Waals surface area contributed by atoms with Crippen LogP contribution in [-0.4, -0.2) is 73.2 Å². The minimum absolute atomic E-state index is 0.300. The quantitative estimate of drug-likeness (QED) is 0.680. The molecule has 1 aromatic carbocycles. The van der Waals surface area contributed by atoms with Crippen molar-refractivity contribution in [1.29, 1.82) is 0 Å². The Kier molecular flexibility index (Phi) is 7.75. The van der Waals surface area contributed by atoms with Gasteiger partial charge in [-0.05, 0) is 54.7 Å². The van der Waals surface area contributed by atoms with Gasteiger partial charge in [0.05, 0.1) is 18.8 Å². The van der Waals surface area contributed by atoms with Crippen molar-refractivity contribution < 1.29 is 19.3 Å². The van der Waals surface area contributed by atoms with Crippen LogP contribution in [0.15, 0.2) is 18.2 Å². The van der Waals surface area contributed by atoms with Crippen molar-refractivity contribution in [2.75, 3.05) is 46.1 Å². The fraction of sp³-hybridized carbons (Fsp3) is 0.760. The number of rotatable bonds is 8. The van der Waals surface area contributed by atoms with Gasteiger partial charge >= 0.3 is 0 Å². The molecular weight excluding hydrogens is 392 g/mol. The molecule has 2 aliphatic heterocycles. The van der Waals surface area contributed by atoms with Gasteiger partial charge in [-0.3, -0.25) is 9.80 Å². The zero-order chi connectivity index (χ0) is 21.8. The smallest absolute Gasteiger partial charge is 0.231 e. The maximum absolute atomic E-state index is 10.6. The average Bonchev–Trinajstić information content (AvgIpc) is 3.22. The van der Waals surface area contributed by atoms with Crippen LogP contribution in [0.5, 0.6) is 11.5 Å². The Hall–Kier alpha value is -1.34. The summed E-state index contributed by atoms with van der Waals surface area (Å²) in [6.07, 6.45) is 3.60. The molecule has 1 N–H and O–H groups in total. The van der Waals surface area contributed by atoms with E-state index in [0.717, 1.165) is 62.5 Å². The lowest BCUT2D eigenvalue weighted by Gasteiger charge is -2.37. The van der Waals surface area contributed by atoms with Gasteiger partial charge in [0.25, 0.3) is 0 Å². The SMILES string of the molecule is CC(C)[C@@H]1CC[C@@H](C)[C@@H](OC[C@H](O)CN2CCN(Cc3ccc4c(c3)OCO4)CC2)C1. The Balaban J connectivity index is 1.16. The minimum atomic E-state index is -0.410. The third-order valence-corrected chi connectivity index (χ3v) is 7.39. The number of hydrogen-bond acceptors (Lipinski definition) is 6. The van der Waals surface area contributed by atoms with Crippen molar-refractivity contribution in [3.63, 3.8) is 0 Å². The number of hydrogen-bond donors (Lipinski definition) is 1. The van der Waals surface area contributed by atoms with Crippen molar-refractivity contribution >= 4 is 0 Å². The molecule has 0 aromatic heterocycles. The number of piperazine rings is 1. The van der Waals surface area contributed by atoms with Crippen molar-refractivity contribution in [2.45, 2.75) is 58.8 Å². The molecule has 0 bridgehead atoms. The Morgan fingerprint density at radius 3 is 2.58 bits per heavy atom. The summed E-state index contributed by atoms with van der Waals surface area (Å²) in [6, 6.07) is 6.21. The topological polar surface area (TPSA) is 54.4 Å². The van der Waals surface area contributed by atoms with Gasteiger partial charge in [0, 0.05) is 39.3 Å². The number of benzene rings is 1. The normalized spacial score (nSPS) is 28.2. The van der Waals surface area contributed by atoms with E-state index in [-0.39, 0.29) is 0 Å². The lowest BCUT2D eigenvalue weighted by atomic mass is 9.76. The molecule has 6 nitrogen and oxygen atoms in total. The molecule has 1 saturated carbocycles. The van der Waals surface area contributed by atoms with Gasteiger partial charge < -0.3 is 19.3 Å². The van der Waals surface area contributed by atoms with E-state index >= 15 is 0 Å². The monoisotopic (exact) mass is 432 g/mol. The molecule has 3 aliphatic rings. The van der Waals surface area contributed by atoms with E-state index in [9.17, 15) is 5.11 Å². The predicted molar refractivity (Wildman–Crippen MR) is 121 cm³/mol. The fourth-order valence-corrected chi connectivity index (χ4v) is 5.16. The molecule has 0 unspecified atom stereocenters. The van der Waals surface area contributed by atoms with Crippen LogP contribution in [0.1, 0.15) is 45.6 Å². The average molecular weight is 433 g/mol. The van der Waals surface area contributed by atoms with E-state index in [2.05, 4.69) is 42.7 Å². The van der Waals surface area contributed by atoms with Gasteiger partial charge in [-0.1, -0.05) is 26.8 Å². The summed E-state index contributed by atoms with van der Waals surface area (Å²) in [4.78, 5) is 4.83. The van der Waals surface area contributed by atoms with Crippen LogP contribution in [0, 0.1) is 17.8 Å². The first-order chi connectivity index (χ1) is 15.0. The number of fused-ring (bicyclic) bond motifs is 1. The molecule has 31 heavy (non-hydrogen) atoms. The Bertz CT molecular complexity index is 705. The van der Waals surface area contributed by atoms with E-state index in [1.807, 2.05) is 6.07 Å². The molecular formula is C25H40N2O4. The second-order valence-electron chi connectivity index (χ2n) is 10.1. The van der Waals surface area contributed by atoms with Crippen molar-refractivity contribution in [3.05, 3.63) is 23.8 Å². The van der Waals surface area contributed by atoms with Gasteiger partial charge in [-0.25, -0.2) is 0 Å². The molecule has 1 aliphatic carbocycles. The first-order valence-electron chi connectivity index (χ1n) is 12.1. The second-order valence-corrected chi connectivity index (χ2v) is 10.1. The first-order valence-corrected chi connectivity index (χ1v) is 12.1. The van der Waals surface area contributed by atoms with E-state index in [0.29, 0.717) is 32.0 Å². The first kappa shape index (κ1) is 22.8. The standard InChI is InChI=1S/C25H40N2O4/c1-18(2)21-6-4-19(3)24(13-21)29-16-22(28)15-27-10-8-26(9-11-27)14-20-5-7-23-25(12-20)31-17-30-23/h5,7,12,18-19,21-22,24,28H,4,6,8-11,13-17H2,1-3H3/t19-,21-,22-,24+/m1/s1. The highest BCUT2D eigenvalue weighted by molar-refractivity contribution is 5.44. The molecule has 0 radical (unpaired) electrons. The van der Waals surface area contributed by atoms with Gasteiger partial charge in [0.1, 0.15) is 0 Å². The lowest BCUT2D eigenvalue weighted by Crippen LogP contribution is -2.49. The van der Waals surface area contributed by atoms with Crippen LogP contribution in [0.3, 0.4) is 0 Å². The highest BCUT2D eigenvalue weighted by Crippen LogP contribution is 2.35. The number of nitrogens with zero attached hydrogens (tertiary/aromatic N) is 2. The molecule has 0 spiro atoms. The zero-order valence-electron chi connectivity index (χ0n) is 19.5. The van der Waals surface area contributed by atoms with E-state index < -0.39 is 6.10 Å². The summed E-state index contributed by atoms with van der Waals surface area (Å²) in [5.41, 5.74) is 1.26. The minimum Gasteiger partial charge on any atom is -0.454 e. The largest absolute Gasteiger partial charge is 0.454 e. The number of ether oxygens (including phenoxy) is 3. The van der Waals surface area contributed by atoms with Crippen LogP contribution in [0.25, 0.3) is 0 Å². The Morgan fingerprint density at radius 2 is 1.81 bits per heavy atom. The van der Waals surface area contributed by atoms with Crippen molar-refractivity contribution in [1.82, 2.24) is 9.80 Å². The summed E-state index contributed by atoms with van der Waals surface area (Å²) in [6.45, 7) is 13.3. The maximum atomic E-state index is 10.6. The Labute approximate surface area is 187 Å². The third-order valence-electron chi connectivity index (χ3n) is 7.39. The van der Waals surface area contributed by atoms with Gasteiger partial charge in [0.2, 0.25) is 6.79 Å². The molecule has 4 atom stereocenters. The lowest BCUT2D eigenvalue weighted by molar-refractivity contribution is -0.0678. The molecule has 1 aromatic rings. The Morgan fingerprint density at radius 1 is 1.06 bits per heavy atom. The van der Waals surface area contributed by atoms with Crippen LogP contribution in [-0.2, 0) is 11.3 Å². The van der Waals surface area contributed by atoms with Crippen molar-refractivity contribution in [2.24, 2.45) is 17.8 Å². The molecule has 1 saturated heterocycles.